The van der Waals surface area contributed by atoms with E-state index in [1.165, 1.54) is 38.5 Å². The summed E-state index contributed by atoms with van der Waals surface area (Å²) in [5.41, 5.74) is -0.0133. The van der Waals surface area contributed by atoms with Gasteiger partial charge < -0.3 is 19.5 Å². The number of carbonyl (C=O) groups excluding carboxylic acids is 1. The molecule has 1 N–H and O–H groups in total. The summed E-state index contributed by atoms with van der Waals surface area (Å²) < 4.78 is 15.8. The minimum atomic E-state index is -0.778. The van der Waals surface area contributed by atoms with Crippen molar-refractivity contribution in [3.05, 3.63) is 56.6 Å². The van der Waals surface area contributed by atoms with Crippen molar-refractivity contribution in [2.45, 2.75) is 6.92 Å². The van der Waals surface area contributed by atoms with E-state index in [2.05, 4.69) is 5.32 Å². The predicted molar refractivity (Wildman–Crippen MR) is 111 cm³/mol. The summed E-state index contributed by atoms with van der Waals surface area (Å²) in [5.74, 6) is 0.119. The Morgan fingerprint density at radius 2 is 1.97 bits per heavy atom. The predicted octanol–water partition coefficient (Wildman–Crippen LogP) is 4.21. The highest BCUT2D eigenvalue weighted by Crippen LogP contribution is 2.37. The molecule has 0 bridgehead atoms. The molecule has 0 saturated carbocycles. The summed E-state index contributed by atoms with van der Waals surface area (Å²) >= 11 is 6.22. The Labute approximate surface area is 177 Å². The van der Waals surface area contributed by atoms with Gasteiger partial charge in [0.2, 0.25) is 0 Å². The van der Waals surface area contributed by atoms with Gasteiger partial charge in [-0.15, -0.1) is 0 Å². The lowest BCUT2D eigenvalue weighted by molar-refractivity contribution is -0.384. The highest BCUT2D eigenvalue weighted by Gasteiger charge is 2.17. The fourth-order valence-electron chi connectivity index (χ4n) is 2.52. The third kappa shape index (κ3) is 5.18. The first-order valence-corrected chi connectivity index (χ1v) is 8.98. The molecular weight excluding hydrogens is 414 g/mol. The summed E-state index contributed by atoms with van der Waals surface area (Å²) in [5, 5.41) is 23.1. The van der Waals surface area contributed by atoms with Crippen molar-refractivity contribution in [3.63, 3.8) is 0 Å². The van der Waals surface area contributed by atoms with E-state index in [0.29, 0.717) is 23.7 Å². The Bertz CT molecular complexity index is 1050. The Morgan fingerprint density at radius 3 is 2.53 bits per heavy atom. The zero-order chi connectivity index (χ0) is 22.3. The summed E-state index contributed by atoms with van der Waals surface area (Å²) in [6.45, 7) is 2.17. The van der Waals surface area contributed by atoms with Crippen LogP contribution < -0.4 is 19.5 Å². The second kappa shape index (κ2) is 10.1. The molecule has 0 saturated heterocycles. The molecule has 2 aromatic carbocycles. The quantitative estimate of drug-likeness (QED) is 0.287. The van der Waals surface area contributed by atoms with Crippen molar-refractivity contribution in [3.8, 4) is 23.3 Å². The first-order chi connectivity index (χ1) is 14.3. The van der Waals surface area contributed by atoms with Crippen LogP contribution in [0.25, 0.3) is 6.08 Å². The number of hydrogen-bond donors (Lipinski definition) is 1. The monoisotopic (exact) mass is 431 g/mol. The van der Waals surface area contributed by atoms with Crippen LogP contribution in [0.1, 0.15) is 12.5 Å². The average Bonchev–Trinajstić information content (AvgIpc) is 2.73. The molecule has 1 amide bonds. The van der Waals surface area contributed by atoms with E-state index in [-0.39, 0.29) is 27.7 Å². The number of anilines is 1. The van der Waals surface area contributed by atoms with Gasteiger partial charge in [-0.3, -0.25) is 14.9 Å². The van der Waals surface area contributed by atoms with Gasteiger partial charge in [0, 0.05) is 12.1 Å². The van der Waals surface area contributed by atoms with E-state index in [1.54, 1.807) is 19.1 Å². The molecule has 2 rings (SSSR count). The van der Waals surface area contributed by atoms with Gasteiger partial charge in [-0.1, -0.05) is 11.6 Å². The largest absolute Gasteiger partial charge is 0.495 e. The van der Waals surface area contributed by atoms with Crippen molar-refractivity contribution in [1.82, 2.24) is 0 Å². The van der Waals surface area contributed by atoms with Crippen LogP contribution in [0, 0.1) is 21.4 Å². The fraction of sp³-hybridized carbons (Fsp3) is 0.200. The molecule has 9 nitrogen and oxygen atoms in total. The number of nitrogens with zero attached hydrogens (tertiary/aromatic N) is 2. The van der Waals surface area contributed by atoms with Crippen molar-refractivity contribution < 1.29 is 23.9 Å². The highest BCUT2D eigenvalue weighted by molar-refractivity contribution is 6.32. The number of amides is 1. The van der Waals surface area contributed by atoms with E-state index >= 15 is 0 Å². The van der Waals surface area contributed by atoms with E-state index < -0.39 is 10.8 Å². The topological polar surface area (TPSA) is 124 Å². The summed E-state index contributed by atoms with van der Waals surface area (Å²) in [6.07, 6.45) is 1.31. The molecule has 0 aliphatic rings. The number of nitrogens with one attached hydrogen (secondary N) is 1. The molecule has 156 valence electrons. The van der Waals surface area contributed by atoms with Gasteiger partial charge >= 0.3 is 0 Å². The Kier molecular flexibility index (Phi) is 7.61. The second-order valence-electron chi connectivity index (χ2n) is 5.73. The van der Waals surface area contributed by atoms with Gasteiger partial charge in [0.05, 0.1) is 36.5 Å². The number of rotatable bonds is 8. The highest BCUT2D eigenvalue weighted by atomic mass is 35.5. The van der Waals surface area contributed by atoms with E-state index in [0.717, 1.165) is 6.07 Å². The lowest BCUT2D eigenvalue weighted by atomic mass is 10.1. The van der Waals surface area contributed by atoms with Crippen molar-refractivity contribution in [1.29, 1.82) is 5.26 Å². The third-order valence-corrected chi connectivity index (χ3v) is 4.14. The first kappa shape index (κ1) is 22.5. The number of methoxy groups -OCH3 is 2. The number of halogens is 1. The average molecular weight is 432 g/mol. The van der Waals surface area contributed by atoms with Crippen LogP contribution in [-0.2, 0) is 4.79 Å². The normalized spacial score (nSPS) is 10.7. The van der Waals surface area contributed by atoms with E-state index in [4.69, 9.17) is 25.8 Å². The number of nitriles is 1. The molecule has 0 fully saturated rings. The molecule has 0 aliphatic heterocycles. The van der Waals surface area contributed by atoms with Crippen molar-refractivity contribution >= 4 is 35.0 Å². The van der Waals surface area contributed by atoms with E-state index in [1.807, 2.05) is 0 Å². The van der Waals surface area contributed by atoms with Gasteiger partial charge in [-0.05, 0) is 36.8 Å². The smallest absolute Gasteiger partial charge is 0.271 e. The zero-order valence-electron chi connectivity index (χ0n) is 16.4. The van der Waals surface area contributed by atoms with Crippen LogP contribution in [0.5, 0.6) is 17.2 Å². The number of ether oxygens (including phenoxy) is 3. The van der Waals surface area contributed by atoms with Crippen LogP contribution in [0.15, 0.2) is 35.9 Å². The zero-order valence-corrected chi connectivity index (χ0v) is 17.1. The number of non-ortho nitro benzene ring substituents is 1. The Balaban J connectivity index is 2.39. The van der Waals surface area contributed by atoms with Gasteiger partial charge in [0.25, 0.3) is 11.6 Å². The standard InChI is InChI=1S/C20H18ClN3O6/c1-4-30-19-15(21)8-12(9-18(19)29-3)7-13(11-22)20(25)23-16-10-14(24(26)27)5-6-17(16)28-2/h5-10H,4H2,1-3H3,(H,23,25)/b13-7+. The molecular formula is C20H18ClN3O6. The molecule has 0 unspecified atom stereocenters. The SMILES string of the molecule is CCOc1c(Cl)cc(/C=C(\C#N)C(=O)Nc2cc([N+](=O)[O-])ccc2OC)cc1OC. The van der Waals surface area contributed by atoms with Gasteiger partial charge in [-0.25, -0.2) is 0 Å². The molecule has 0 heterocycles. The minimum Gasteiger partial charge on any atom is -0.495 e. The Hall–Kier alpha value is -3.77. The second-order valence-corrected chi connectivity index (χ2v) is 6.14. The van der Waals surface area contributed by atoms with Gasteiger partial charge in [0.1, 0.15) is 17.4 Å². The maximum atomic E-state index is 12.6. The fourth-order valence-corrected chi connectivity index (χ4v) is 2.79. The maximum absolute atomic E-state index is 12.6. The maximum Gasteiger partial charge on any atom is 0.271 e. The van der Waals surface area contributed by atoms with Crippen LogP contribution >= 0.6 is 11.6 Å². The molecule has 0 atom stereocenters. The van der Waals surface area contributed by atoms with Crippen molar-refractivity contribution in [2.75, 3.05) is 26.1 Å². The molecule has 30 heavy (non-hydrogen) atoms. The number of nitro groups is 1. The number of hydrogen-bond acceptors (Lipinski definition) is 7. The van der Waals surface area contributed by atoms with Crippen LogP contribution in [0.3, 0.4) is 0 Å². The van der Waals surface area contributed by atoms with Crippen LogP contribution in [0.2, 0.25) is 5.02 Å². The number of nitro benzene ring substituents is 1. The van der Waals surface area contributed by atoms with Gasteiger partial charge in [-0.2, -0.15) is 5.26 Å². The lowest BCUT2D eigenvalue weighted by Crippen LogP contribution is -2.14. The molecule has 0 spiro atoms. The molecule has 2 aromatic rings. The number of carbonyl (C=O) groups is 1. The van der Waals surface area contributed by atoms with E-state index in [9.17, 15) is 20.2 Å². The summed E-state index contributed by atoms with van der Waals surface area (Å²) in [6, 6.07) is 8.62. The molecule has 0 aliphatic carbocycles. The summed E-state index contributed by atoms with van der Waals surface area (Å²) in [7, 11) is 2.79. The Morgan fingerprint density at radius 1 is 1.27 bits per heavy atom. The van der Waals surface area contributed by atoms with Crippen LogP contribution in [-0.4, -0.2) is 31.7 Å². The molecule has 0 aromatic heterocycles. The lowest BCUT2D eigenvalue weighted by Gasteiger charge is -2.12. The van der Waals surface area contributed by atoms with Gasteiger partial charge in [0.15, 0.2) is 11.5 Å². The third-order valence-electron chi connectivity index (χ3n) is 3.86. The number of benzene rings is 2. The molecule has 10 heteroatoms. The summed E-state index contributed by atoms with van der Waals surface area (Å²) in [4.78, 5) is 23.0. The first-order valence-electron chi connectivity index (χ1n) is 8.60. The van der Waals surface area contributed by atoms with Crippen LogP contribution in [0.4, 0.5) is 11.4 Å². The minimum absolute atomic E-state index is 0.0557. The molecule has 0 radical (unpaired) electrons. The van der Waals surface area contributed by atoms with Crippen molar-refractivity contribution in [2.24, 2.45) is 0 Å².